The van der Waals surface area contributed by atoms with Crippen LogP contribution < -0.4 is 10.1 Å². The third-order valence-corrected chi connectivity index (χ3v) is 7.26. The van der Waals surface area contributed by atoms with Crippen LogP contribution in [0.15, 0.2) is 24.3 Å². The summed E-state index contributed by atoms with van der Waals surface area (Å²) in [4.78, 5) is 15.4. The van der Waals surface area contributed by atoms with Crippen molar-refractivity contribution in [1.82, 2.24) is 10.2 Å². The first-order valence-corrected chi connectivity index (χ1v) is 10.0. The molecule has 0 aromatic heterocycles. The van der Waals surface area contributed by atoms with Crippen molar-refractivity contribution in [2.45, 2.75) is 43.9 Å². The molecule has 5 heteroatoms. The molecular formula is C22H33ClN2O2. The summed E-state index contributed by atoms with van der Waals surface area (Å²) in [5.41, 5.74) is 1.48. The third-order valence-electron chi connectivity index (χ3n) is 7.26. The first kappa shape index (κ1) is 20.5. The fourth-order valence-electron chi connectivity index (χ4n) is 6.58. The van der Waals surface area contributed by atoms with Crippen molar-refractivity contribution >= 4 is 18.3 Å². The third kappa shape index (κ3) is 3.47. The highest BCUT2D eigenvalue weighted by atomic mass is 35.5. The van der Waals surface area contributed by atoms with Crippen LogP contribution in [0.2, 0.25) is 0 Å². The molecule has 4 bridgehead atoms. The van der Waals surface area contributed by atoms with Crippen molar-refractivity contribution in [3.63, 3.8) is 0 Å². The van der Waals surface area contributed by atoms with Gasteiger partial charge < -0.3 is 15.0 Å². The number of nitrogens with one attached hydrogen (secondary N) is 1. The van der Waals surface area contributed by atoms with Crippen LogP contribution in [-0.2, 0) is 10.2 Å². The van der Waals surface area contributed by atoms with Gasteiger partial charge in [0.1, 0.15) is 5.75 Å². The van der Waals surface area contributed by atoms with Crippen molar-refractivity contribution < 1.29 is 9.53 Å². The van der Waals surface area contributed by atoms with Gasteiger partial charge in [-0.3, -0.25) is 4.79 Å². The molecule has 4 nitrogen and oxygen atoms in total. The number of carbonyl (C=O) groups is 1. The molecule has 0 aliphatic heterocycles. The smallest absolute Gasteiger partial charge is 0.228 e. The van der Waals surface area contributed by atoms with Gasteiger partial charge in [-0.05, 0) is 80.5 Å². The lowest BCUT2D eigenvalue weighted by molar-refractivity contribution is -0.158. The number of ether oxygens (including phenoxy) is 1. The minimum absolute atomic E-state index is 0. The van der Waals surface area contributed by atoms with Gasteiger partial charge in [-0.15, -0.1) is 12.4 Å². The number of hydrogen-bond donors (Lipinski definition) is 1. The normalized spacial score (nSPS) is 33.4. The Kier molecular flexibility index (Phi) is 5.79. The van der Waals surface area contributed by atoms with Crippen molar-refractivity contribution in [2.24, 2.45) is 17.3 Å². The predicted octanol–water partition coefficient (Wildman–Crippen LogP) is 3.63. The number of rotatable bonds is 6. The number of benzene rings is 1. The lowest BCUT2D eigenvalue weighted by Crippen LogP contribution is -2.59. The molecule has 0 heterocycles. The van der Waals surface area contributed by atoms with E-state index in [1.54, 1.807) is 7.11 Å². The summed E-state index contributed by atoms with van der Waals surface area (Å²) in [6.45, 7) is 1.65. The van der Waals surface area contributed by atoms with E-state index in [9.17, 15) is 4.79 Å². The fraction of sp³-hybridized carbons (Fsp3) is 0.682. The maximum atomic E-state index is 13.5. The molecule has 4 saturated carbocycles. The zero-order valence-electron chi connectivity index (χ0n) is 16.8. The van der Waals surface area contributed by atoms with E-state index in [1.165, 1.54) is 24.8 Å². The second kappa shape index (κ2) is 7.63. The van der Waals surface area contributed by atoms with E-state index in [1.807, 2.05) is 19.0 Å². The molecule has 2 unspecified atom stereocenters. The van der Waals surface area contributed by atoms with Crippen LogP contribution in [0, 0.1) is 17.3 Å². The number of methoxy groups -OCH3 is 1. The summed E-state index contributed by atoms with van der Waals surface area (Å²) in [6.07, 6.45) is 7.07. The Morgan fingerprint density at radius 1 is 1.19 bits per heavy atom. The summed E-state index contributed by atoms with van der Waals surface area (Å²) in [5.74, 6) is 2.72. The number of carbonyl (C=O) groups excluding carboxylic acids is 1. The lowest BCUT2D eigenvalue weighted by Gasteiger charge is -2.62. The number of hydrogen-bond acceptors (Lipinski definition) is 3. The van der Waals surface area contributed by atoms with Gasteiger partial charge in [-0.25, -0.2) is 0 Å². The topological polar surface area (TPSA) is 41.6 Å². The van der Waals surface area contributed by atoms with E-state index in [-0.39, 0.29) is 23.2 Å². The van der Waals surface area contributed by atoms with E-state index in [0.29, 0.717) is 17.7 Å². The molecule has 27 heavy (non-hydrogen) atoms. The van der Waals surface area contributed by atoms with Crippen molar-refractivity contribution in [3.8, 4) is 5.75 Å². The largest absolute Gasteiger partial charge is 0.497 e. The van der Waals surface area contributed by atoms with Crippen LogP contribution in [0.1, 0.15) is 44.1 Å². The van der Waals surface area contributed by atoms with E-state index in [4.69, 9.17) is 4.74 Å². The maximum Gasteiger partial charge on any atom is 0.228 e. The number of halogens is 1. The molecular weight excluding hydrogens is 360 g/mol. The summed E-state index contributed by atoms with van der Waals surface area (Å²) in [7, 11) is 5.65. The molecule has 0 saturated heterocycles. The van der Waals surface area contributed by atoms with Crippen LogP contribution >= 0.6 is 12.4 Å². The highest BCUT2D eigenvalue weighted by molar-refractivity contribution is 5.85. The van der Waals surface area contributed by atoms with Gasteiger partial charge in [-0.2, -0.15) is 0 Å². The van der Waals surface area contributed by atoms with Gasteiger partial charge in [-0.1, -0.05) is 12.1 Å². The molecule has 2 atom stereocenters. The fourth-order valence-corrected chi connectivity index (χ4v) is 6.58. The van der Waals surface area contributed by atoms with Gasteiger partial charge in [0.25, 0.3) is 0 Å². The van der Waals surface area contributed by atoms with Crippen LogP contribution in [-0.4, -0.2) is 45.1 Å². The molecule has 5 rings (SSSR count). The van der Waals surface area contributed by atoms with Crippen LogP contribution in [0.5, 0.6) is 5.75 Å². The highest BCUT2D eigenvalue weighted by Crippen LogP contribution is 2.66. The Labute approximate surface area is 169 Å². The second-order valence-electron chi connectivity index (χ2n) is 9.08. The Bertz CT molecular complexity index is 661. The highest BCUT2D eigenvalue weighted by Gasteiger charge is 2.61. The Hall–Kier alpha value is -1.26. The summed E-state index contributed by atoms with van der Waals surface area (Å²) in [5, 5.41) is 3.17. The summed E-state index contributed by atoms with van der Waals surface area (Å²) < 4.78 is 5.35. The van der Waals surface area contributed by atoms with Gasteiger partial charge in [0.15, 0.2) is 0 Å². The molecule has 4 fully saturated rings. The van der Waals surface area contributed by atoms with Gasteiger partial charge in [0.2, 0.25) is 5.91 Å². The van der Waals surface area contributed by atoms with Crippen LogP contribution in [0.25, 0.3) is 0 Å². The van der Waals surface area contributed by atoms with E-state index < -0.39 is 0 Å². The second-order valence-corrected chi connectivity index (χ2v) is 9.08. The van der Waals surface area contributed by atoms with Crippen molar-refractivity contribution in [1.29, 1.82) is 0 Å². The van der Waals surface area contributed by atoms with Crippen LogP contribution in [0.3, 0.4) is 0 Å². The van der Waals surface area contributed by atoms with Gasteiger partial charge in [0.05, 0.1) is 12.5 Å². The molecule has 1 amide bonds. The number of likely N-dealkylation sites (N-methyl/N-ethyl adjacent to an activating group) is 2. The molecule has 4 aliphatic carbocycles. The predicted molar refractivity (Wildman–Crippen MR) is 111 cm³/mol. The monoisotopic (exact) mass is 392 g/mol. The molecule has 1 N–H and O–H groups in total. The van der Waals surface area contributed by atoms with Crippen molar-refractivity contribution in [3.05, 3.63) is 29.8 Å². The minimum Gasteiger partial charge on any atom is -0.497 e. The first-order valence-electron chi connectivity index (χ1n) is 10.0. The first-order chi connectivity index (χ1) is 12.5. The molecule has 0 radical (unpaired) electrons. The zero-order chi connectivity index (χ0) is 18.4. The quantitative estimate of drug-likeness (QED) is 0.803. The average Bonchev–Trinajstić information content (AvgIpc) is 2.64. The zero-order valence-corrected chi connectivity index (χ0v) is 17.6. The summed E-state index contributed by atoms with van der Waals surface area (Å²) in [6, 6.07) is 8.66. The summed E-state index contributed by atoms with van der Waals surface area (Å²) >= 11 is 0. The Morgan fingerprint density at radius 2 is 1.81 bits per heavy atom. The van der Waals surface area contributed by atoms with E-state index in [0.717, 1.165) is 38.1 Å². The standard InChI is InChI=1S/C22H32N2O2.ClH/c1-23-8-9-24(2)20(25)22-13-16-10-17(14-22)12-21(11-16,15-22)18-4-6-19(26-3)7-5-18;/h4-7,16-17,23H,8-15H2,1-3H3;1H. The SMILES string of the molecule is CNCCN(C)C(=O)C12CC3CC(C1)CC(c1ccc(OC)cc1)(C3)C2.Cl. The van der Waals surface area contributed by atoms with Gasteiger partial charge in [0, 0.05) is 20.1 Å². The van der Waals surface area contributed by atoms with E-state index >= 15 is 0 Å². The van der Waals surface area contributed by atoms with Crippen LogP contribution in [0.4, 0.5) is 0 Å². The molecule has 150 valence electrons. The molecule has 4 aliphatic rings. The lowest BCUT2D eigenvalue weighted by atomic mass is 9.42. The molecule has 0 spiro atoms. The maximum absolute atomic E-state index is 13.5. The minimum atomic E-state index is -0.132. The van der Waals surface area contributed by atoms with Crippen molar-refractivity contribution in [2.75, 3.05) is 34.3 Å². The Morgan fingerprint density at radius 3 is 2.37 bits per heavy atom. The number of amides is 1. The molecule has 1 aromatic rings. The van der Waals surface area contributed by atoms with Gasteiger partial charge >= 0.3 is 0 Å². The number of nitrogens with zero attached hydrogens (tertiary/aromatic N) is 1. The Balaban J connectivity index is 0.00000210. The average molecular weight is 393 g/mol. The van der Waals surface area contributed by atoms with E-state index in [2.05, 4.69) is 29.6 Å². The molecule has 1 aromatic carbocycles.